The largest absolute Gasteiger partial charge is 0.507 e. The predicted octanol–water partition coefficient (Wildman–Crippen LogP) is 3.66. The second-order valence-corrected chi connectivity index (χ2v) is 6.17. The first-order chi connectivity index (χ1) is 6.36. The minimum atomic E-state index is 0.176. The Hall–Kier alpha value is -0.630. The van der Waals surface area contributed by atoms with Gasteiger partial charge in [-0.15, -0.1) is 11.8 Å². The van der Waals surface area contributed by atoms with Crippen LogP contribution in [0, 0.1) is 20.8 Å². The summed E-state index contributed by atoms with van der Waals surface area (Å²) in [5, 5.41) is 9.95. The Morgan fingerprint density at radius 1 is 1.00 bits per heavy atom. The molecule has 0 aliphatic carbocycles. The average molecular weight is 208 g/mol. The van der Waals surface area contributed by atoms with Gasteiger partial charge in [0.25, 0.3) is 0 Å². The molecule has 1 N–H and O–H groups in total. The molecule has 0 saturated heterocycles. The predicted molar refractivity (Wildman–Crippen MR) is 61.2 cm³/mol. The molecule has 0 saturated carbocycles. The van der Waals surface area contributed by atoms with E-state index in [1.54, 1.807) is 0 Å². The van der Waals surface area contributed by atoms with Crippen LogP contribution >= 0.6 is 11.8 Å². The van der Waals surface area contributed by atoms with E-state index >= 15 is 0 Å². The van der Waals surface area contributed by atoms with Crippen LogP contribution in [0.15, 0.2) is 4.90 Å². The summed E-state index contributed by atoms with van der Waals surface area (Å²) in [6, 6.07) is 0. The van der Waals surface area contributed by atoms with Crippen LogP contribution < -0.4 is 0 Å². The van der Waals surface area contributed by atoms with Crippen molar-refractivity contribution in [1.29, 1.82) is 0 Å². The molecule has 1 aromatic carbocycles. The van der Waals surface area contributed by atoms with Crippen LogP contribution in [0.3, 0.4) is 0 Å². The minimum Gasteiger partial charge on any atom is -0.507 e. The highest BCUT2D eigenvalue weighted by molar-refractivity contribution is 8.01. The van der Waals surface area contributed by atoms with Crippen molar-refractivity contribution < 1.29 is 5.11 Å². The van der Waals surface area contributed by atoms with Crippen molar-refractivity contribution in [2.45, 2.75) is 44.3 Å². The van der Waals surface area contributed by atoms with Gasteiger partial charge in [0.1, 0.15) is 5.75 Å². The van der Waals surface area contributed by atoms with Crippen LogP contribution in [0.4, 0.5) is 0 Å². The van der Waals surface area contributed by atoms with Crippen LogP contribution in [0.2, 0.25) is 0 Å². The zero-order valence-electron chi connectivity index (χ0n) is 9.36. The van der Waals surface area contributed by atoms with Gasteiger partial charge in [-0.1, -0.05) is 0 Å². The Morgan fingerprint density at radius 2 is 1.57 bits per heavy atom. The van der Waals surface area contributed by atoms with E-state index in [0.29, 0.717) is 5.75 Å². The van der Waals surface area contributed by atoms with Gasteiger partial charge in [0.15, 0.2) is 0 Å². The van der Waals surface area contributed by atoms with Gasteiger partial charge in [0.2, 0.25) is 0 Å². The third-order valence-electron chi connectivity index (χ3n) is 3.17. The van der Waals surface area contributed by atoms with Gasteiger partial charge >= 0.3 is 0 Å². The molecule has 0 radical (unpaired) electrons. The molecule has 0 atom stereocenters. The summed E-state index contributed by atoms with van der Waals surface area (Å²) >= 11 is 1.91. The molecule has 2 heteroatoms. The topological polar surface area (TPSA) is 20.2 Å². The Labute approximate surface area is 89.5 Å². The molecule has 0 amide bonds. The second-order valence-electron chi connectivity index (χ2n) is 4.54. The fourth-order valence-corrected chi connectivity index (χ4v) is 3.75. The lowest BCUT2D eigenvalue weighted by atomic mass is 9.90. The number of phenolic OH excluding ortho intramolecular Hbond substituents is 1. The first kappa shape index (κ1) is 9.91. The maximum absolute atomic E-state index is 9.95. The van der Waals surface area contributed by atoms with Crippen molar-refractivity contribution in [3.05, 3.63) is 22.3 Å². The van der Waals surface area contributed by atoms with Crippen LogP contribution in [-0.2, 0) is 4.75 Å². The van der Waals surface area contributed by atoms with E-state index in [0.717, 1.165) is 11.1 Å². The highest BCUT2D eigenvalue weighted by Gasteiger charge is 2.39. The number of aromatic hydroxyl groups is 1. The maximum Gasteiger partial charge on any atom is 0.122 e. The van der Waals surface area contributed by atoms with Crippen LogP contribution in [0.25, 0.3) is 0 Å². The van der Waals surface area contributed by atoms with Crippen molar-refractivity contribution in [2.24, 2.45) is 0 Å². The Balaban J connectivity index is 2.77. The van der Waals surface area contributed by atoms with Crippen LogP contribution in [0.5, 0.6) is 5.75 Å². The van der Waals surface area contributed by atoms with Crippen LogP contribution in [-0.4, -0.2) is 5.11 Å². The summed E-state index contributed by atoms with van der Waals surface area (Å²) in [5.41, 5.74) is 4.67. The van der Waals surface area contributed by atoms with Gasteiger partial charge in [0.05, 0.1) is 0 Å². The molecule has 1 nitrogen and oxygen atoms in total. The molecule has 1 aromatic rings. The number of rotatable bonds is 0. The summed E-state index contributed by atoms with van der Waals surface area (Å²) in [4.78, 5) is 1.38. The Bertz CT molecular complexity index is 396. The maximum atomic E-state index is 9.95. The number of thioether (sulfide) groups is 1. The zero-order chi connectivity index (χ0) is 10.7. The van der Waals surface area contributed by atoms with E-state index in [9.17, 15) is 5.11 Å². The third-order valence-corrected chi connectivity index (χ3v) is 4.60. The number of hydrogen-bond acceptors (Lipinski definition) is 2. The SMILES string of the molecule is Cc1c(C)c2c(c(C)c1O)C(C)(C)S2. The minimum absolute atomic E-state index is 0.176. The molecule has 0 bridgehead atoms. The smallest absolute Gasteiger partial charge is 0.122 e. The number of hydrogen-bond donors (Lipinski definition) is 1. The first-order valence-corrected chi connectivity index (χ1v) is 5.70. The van der Waals surface area contributed by atoms with Gasteiger partial charge in [-0.25, -0.2) is 0 Å². The van der Waals surface area contributed by atoms with E-state index in [1.807, 2.05) is 25.6 Å². The quantitative estimate of drug-likeness (QED) is 0.702. The number of phenols is 1. The third kappa shape index (κ3) is 1.04. The average Bonchev–Trinajstić information content (AvgIpc) is 2.09. The molecule has 14 heavy (non-hydrogen) atoms. The normalized spacial score (nSPS) is 17.5. The summed E-state index contributed by atoms with van der Waals surface area (Å²) in [5.74, 6) is 0.481. The van der Waals surface area contributed by atoms with Gasteiger partial charge in [0, 0.05) is 9.64 Å². The van der Waals surface area contributed by atoms with E-state index < -0.39 is 0 Å². The molecular formula is C12H16OS. The fraction of sp³-hybridized carbons (Fsp3) is 0.500. The van der Waals surface area contributed by atoms with Crippen molar-refractivity contribution >= 4 is 11.8 Å². The molecule has 0 spiro atoms. The summed E-state index contributed by atoms with van der Waals surface area (Å²) in [6.45, 7) is 10.5. The number of fused-ring (bicyclic) bond motifs is 1. The Kier molecular flexibility index (Phi) is 1.91. The highest BCUT2D eigenvalue weighted by atomic mass is 32.2. The van der Waals surface area contributed by atoms with Crippen molar-refractivity contribution in [3.8, 4) is 5.75 Å². The molecule has 2 rings (SSSR count). The molecule has 0 aromatic heterocycles. The van der Waals surface area contributed by atoms with Gasteiger partial charge in [-0.05, 0) is 56.9 Å². The van der Waals surface area contributed by atoms with Gasteiger partial charge < -0.3 is 5.11 Å². The van der Waals surface area contributed by atoms with Crippen molar-refractivity contribution in [2.75, 3.05) is 0 Å². The monoisotopic (exact) mass is 208 g/mol. The summed E-state index contributed by atoms with van der Waals surface area (Å²) in [6.07, 6.45) is 0. The lowest BCUT2D eigenvalue weighted by molar-refractivity contribution is 0.461. The highest BCUT2D eigenvalue weighted by Crippen LogP contribution is 2.59. The van der Waals surface area contributed by atoms with E-state index in [-0.39, 0.29) is 4.75 Å². The second kappa shape index (κ2) is 2.69. The molecule has 0 fully saturated rings. The summed E-state index contributed by atoms with van der Waals surface area (Å²) in [7, 11) is 0. The first-order valence-electron chi connectivity index (χ1n) is 4.88. The molecule has 76 valence electrons. The van der Waals surface area contributed by atoms with E-state index in [1.165, 1.54) is 16.0 Å². The van der Waals surface area contributed by atoms with Crippen molar-refractivity contribution in [3.63, 3.8) is 0 Å². The molecule has 1 aliphatic heterocycles. The fourth-order valence-electron chi connectivity index (χ4n) is 2.22. The van der Waals surface area contributed by atoms with E-state index in [2.05, 4.69) is 20.8 Å². The van der Waals surface area contributed by atoms with Crippen LogP contribution in [0.1, 0.15) is 36.1 Å². The lowest BCUT2D eigenvalue weighted by Gasteiger charge is -2.40. The molecule has 0 unspecified atom stereocenters. The van der Waals surface area contributed by atoms with Gasteiger partial charge in [-0.2, -0.15) is 0 Å². The standard InChI is InChI=1S/C12H16OS/c1-6-7(2)11-9(8(3)10(6)13)12(4,5)14-11/h13H,1-5H3. The molecule has 1 aliphatic rings. The summed E-state index contributed by atoms with van der Waals surface area (Å²) < 4.78 is 0.176. The zero-order valence-corrected chi connectivity index (χ0v) is 10.2. The Morgan fingerprint density at radius 3 is 2.07 bits per heavy atom. The van der Waals surface area contributed by atoms with Crippen molar-refractivity contribution in [1.82, 2.24) is 0 Å². The lowest BCUT2D eigenvalue weighted by Crippen LogP contribution is -2.25. The molecular weight excluding hydrogens is 192 g/mol. The molecule has 1 heterocycles. The van der Waals surface area contributed by atoms with E-state index in [4.69, 9.17) is 0 Å². The number of benzene rings is 1. The van der Waals surface area contributed by atoms with Gasteiger partial charge in [-0.3, -0.25) is 0 Å².